The van der Waals surface area contributed by atoms with Crippen molar-refractivity contribution < 1.29 is 24.1 Å². The molecule has 0 saturated carbocycles. The van der Waals surface area contributed by atoms with E-state index >= 15 is 0 Å². The first-order valence-corrected chi connectivity index (χ1v) is 8.24. The molecule has 0 amide bonds. The van der Waals surface area contributed by atoms with E-state index in [2.05, 4.69) is 19.4 Å². The number of quaternary nitrogens is 2. The minimum atomic E-state index is -0.255. The number of ether oxygens (including phenoxy) is 2. The number of hydrogen-bond acceptors (Lipinski definition) is 2. The van der Waals surface area contributed by atoms with Crippen LogP contribution in [-0.2, 0) is 13.2 Å². The maximum atomic E-state index is 13.8. The lowest BCUT2D eigenvalue weighted by Gasteiger charge is -2.15. The molecular weight excluding hydrogens is 307 g/mol. The topological polar surface area (TPSA) is 39.5 Å². The third-order valence-corrected chi connectivity index (χ3v) is 3.82. The van der Waals surface area contributed by atoms with E-state index in [0.717, 1.165) is 25.2 Å². The summed E-state index contributed by atoms with van der Waals surface area (Å²) >= 11 is 0. The van der Waals surface area contributed by atoms with Crippen molar-refractivity contribution in [3.05, 3.63) is 59.4 Å². The van der Waals surface area contributed by atoms with Crippen molar-refractivity contribution in [3.8, 4) is 11.5 Å². The second-order valence-electron chi connectivity index (χ2n) is 6.07. The third-order valence-electron chi connectivity index (χ3n) is 3.82. The highest BCUT2D eigenvalue weighted by Gasteiger charge is 2.13. The molecule has 4 nitrogen and oxygen atoms in total. The molecule has 2 aromatic carbocycles. The quantitative estimate of drug-likeness (QED) is 0.660. The summed E-state index contributed by atoms with van der Waals surface area (Å²) in [7, 11) is 5.90. The Kier molecular flexibility index (Phi) is 7.03. The number of rotatable bonds is 9. The second kappa shape index (κ2) is 9.25. The molecule has 2 rings (SSSR count). The van der Waals surface area contributed by atoms with Gasteiger partial charge in [0.1, 0.15) is 32.1 Å². The van der Waals surface area contributed by atoms with Crippen LogP contribution in [0.1, 0.15) is 11.1 Å². The first kappa shape index (κ1) is 18.2. The van der Waals surface area contributed by atoms with Crippen LogP contribution in [0.15, 0.2) is 42.5 Å². The van der Waals surface area contributed by atoms with Crippen molar-refractivity contribution in [1.82, 2.24) is 0 Å². The average molecular weight is 334 g/mol. The Hall–Kier alpha value is -2.11. The van der Waals surface area contributed by atoms with E-state index in [9.17, 15) is 4.39 Å². The van der Waals surface area contributed by atoms with Crippen LogP contribution in [0.4, 0.5) is 4.39 Å². The number of nitrogens with one attached hydrogen (secondary N) is 1. The van der Waals surface area contributed by atoms with Gasteiger partial charge in [0.25, 0.3) is 0 Å². The number of para-hydroxylation sites is 1. The molecular formula is C19H27FN2O2+2. The van der Waals surface area contributed by atoms with E-state index in [1.165, 1.54) is 11.0 Å². The smallest absolute Gasteiger partial charge is 0.170 e. The van der Waals surface area contributed by atoms with Crippen LogP contribution in [0.3, 0.4) is 0 Å². The molecule has 0 unspecified atom stereocenters. The molecule has 24 heavy (non-hydrogen) atoms. The molecule has 0 aliphatic rings. The van der Waals surface area contributed by atoms with E-state index in [-0.39, 0.29) is 12.4 Å². The van der Waals surface area contributed by atoms with Crippen molar-refractivity contribution >= 4 is 0 Å². The van der Waals surface area contributed by atoms with Gasteiger partial charge in [0.2, 0.25) is 0 Å². The summed E-state index contributed by atoms with van der Waals surface area (Å²) in [6.07, 6.45) is 0. The van der Waals surface area contributed by atoms with Gasteiger partial charge in [-0.1, -0.05) is 24.3 Å². The zero-order valence-electron chi connectivity index (χ0n) is 14.6. The van der Waals surface area contributed by atoms with E-state index in [1.807, 2.05) is 24.3 Å². The van der Waals surface area contributed by atoms with Crippen molar-refractivity contribution in [2.45, 2.75) is 13.2 Å². The van der Waals surface area contributed by atoms with Crippen LogP contribution in [0.25, 0.3) is 0 Å². The van der Waals surface area contributed by atoms with Gasteiger partial charge in [0, 0.05) is 5.56 Å². The van der Waals surface area contributed by atoms with Crippen LogP contribution in [-0.4, -0.2) is 34.3 Å². The number of halogens is 1. The van der Waals surface area contributed by atoms with Gasteiger partial charge in [0.05, 0.1) is 26.8 Å². The standard InChI is InChI=1S/C19H25FN2O2/c1-22(2)12-11-21-13-15-8-6-10-18(23-3)19(15)24-14-16-7-4-5-9-17(16)20/h4-10,21H,11-14H2,1-3H3/p+2. The van der Waals surface area contributed by atoms with E-state index < -0.39 is 0 Å². The number of methoxy groups -OCH3 is 1. The summed E-state index contributed by atoms with van der Waals surface area (Å²) in [5, 5.41) is 2.25. The summed E-state index contributed by atoms with van der Waals surface area (Å²) < 4.78 is 25.1. The highest BCUT2D eigenvalue weighted by Crippen LogP contribution is 2.31. The Bertz CT molecular complexity index is 647. The predicted octanol–water partition coefficient (Wildman–Crippen LogP) is 0.621. The SMILES string of the molecule is COc1cccc(C[NH2+]CC[NH+](C)C)c1OCc1ccccc1F. The maximum absolute atomic E-state index is 13.8. The van der Waals surface area contributed by atoms with Gasteiger partial charge in [-0.2, -0.15) is 0 Å². The third kappa shape index (κ3) is 5.22. The molecule has 0 atom stereocenters. The molecule has 0 heterocycles. The number of benzene rings is 2. The fourth-order valence-electron chi connectivity index (χ4n) is 2.46. The molecule has 130 valence electrons. The predicted molar refractivity (Wildman–Crippen MR) is 91.9 cm³/mol. The summed E-state index contributed by atoms with van der Waals surface area (Å²) in [6.45, 7) is 3.11. The van der Waals surface area contributed by atoms with Gasteiger partial charge >= 0.3 is 0 Å². The van der Waals surface area contributed by atoms with Crippen LogP contribution in [0.2, 0.25) is 0 Å². The van der Waals surface area contributed by atoms with Crippen molar-refractivity contribution in [2.75, 3.05) is 34.3 Å². The Labute approximate surface area is 143 Å². The zero-order chi connectivity index (χ0) is 17.4. The van der Waals surface area contributed by atoms with Crippen LogP contribution < -0.4 is 19.7 Å². The first-order valence-electron chi connectivity index (χ1n) is 8.24. The Morgan fingerprint density at radius 1 is 1.04 bits per heavy atom. The summed E-state index contributed by atoms with van der Waals surface area (Å²) in [4.78, 5) is 1.42. The van der Waals surface area contributed by atoms with Gasteiger partial charge in [0.15, 0.2) is 11.5 Å². The minimum Gasteiger partial charge on any atom is -0.493 e. The molecule has 0 saturated heterocycles. The molecule has 0 bridgehead atoms. The molecule has 0 aromatic heterocycles. The molecule has 0 aliphatic heterocycles. The van der Waals surface area contributed by atoms with Gasteiger partial charge < -0.3 is 19.7 Å². The fraction of sp³-hybridized carbons (Fsp3) is 0.368. The van der Waals surface area contributed by atoms with Gasteiger partial charge in [-0.3, -0.25) is 0 Å². The van der Waals surface area contributed by atoms with Crippen molar-refractivity contribution in [3.63, 3.8) is 0 Å². The average Bonchev–Trinajstić information content (AvgIpc) is 2.58. The lowest BCUT2D eigenvalue weighted by atomic mass is 10.1. The summed E-state index contributed by atoms with van der Waals surface area (Å²) in [6, 6.07) is 12.5. The monoisotopic (exact) mass is 334 g/mol. The molecule has 5 heteroatoms. The van der Waals surface area contributed by atoms with Crippen LogP contribution in [0.5, 0.6) is 11.5 Å². The maximum Gasteiger partial charge on any atom is 0.170 e. The normalized spacial score (nSPS) is 10.9. The molecule has 3 N–H and O–H groups in total. The van der Waals surface area contributed by atoms with Crippen molar-refractivity contribution in [2.24, 2.45) is 0 Å². The van der Waals surface area contributed by atoms with E-state index in [4.69, 9.17) is 9.47 Å². The largest absolute Gasteiger partial charge is 0.493 e. The lowest BCUT2D eigenvalue weighted by Crippen LogP contribution is -3.09. The zero-order valence-corrected chi connectivity index (χ0v) is 14.6. The van der Waals surface area contributed by atoms with E-state index in [1.54, 1.807) is 19.2 Å². The second-order valence-corrected chi connectivity index (χ2v) is 6.07. The lowest BCUT2D eigenvalue weighted by molar-refractivity contribution is -0.875. The van der Waals surface area contributed by atoms with Gasteiger partial charge in [-0.25, -0.2) is 4.39 Å². The summed E-state index contributed by atoms with van der Waals surface area (Å²) in [5.41, 5.74) is 1.59. The Balaban J connectivity index is 2.07. The van der Waals surface area contributed by atoms with E-state index in [0.29, 0.717) is 17.1 Å². The molecule has 0 fully saturated rings. The highest BCUT2D eigenvalue weighted by atomic mass is 19.1. The minimum absolute atomic E-state index is 0.182. The number of likely N-dealkylation sites (N-methyl/N-ethyl adjacent to an activating group) is 1. The molecule has 2 aromatic rings. The number of nitrogens with two attached hydrogens (primary N) is 1. The van der Waals surface area contributed by atoms with Gasteiger partial charge in [-0.15, -0.1) is 0 Å². The summed E-state index contributed by atoms with van der Waals surface area (Å²) in [5.74, 6) is 1.11. The first-order chi connectivity index (χ1) is 11.6. The highest BCUT2D eigenvalue weighted by molar-refractivity contribution is 5.46. The number of hydrogen-bond donors (Lipinski definition) is 2. The Morgan fingerprint density at radius 2 is 1.79 bits per heavy atom. The van der Waals surface area contributed by atoms with Crippen LogP contribution in [0, 0.1) is 5.82 Å². The van der Waals surface area contributed by atoms with Crippen molar-refractivity contribution in [1.29, 1.82) is 0 Å². The Morgan fingerprint density at radius 3 is 2.50 bits per heavy atom. The van der Waals surface area contributed by atoms with Crippen LogP contribution >= 0.6 is 0 Å². The molecule has 0 spiro atoms. The fourth-order valence-corrected chi connectivity index (χ4v) is 2.46. The molecule has 0 radical (unpaired) electrons. The van der Waals surface area contributed by atoms with Gasteiger partial charge in [-0.05, 0) is 18.2 Å². The molecule has 0 aliphatic carbocycles.